The summed E-state index contributed by atoms with van der Waals surface area (Å²) in [5.74, 6) is -0.918. The Hall–Kier alpha value is -2.80. The number of hydrogen-bond acceptors (Lipinski definition) is 5. The summed E-state index contributed by atoms with van der Waals surface area (Å²) in [6, 6.07) is 7.64. The number of benzene rings is 1. The highest BCUT2D eigenvalue weighted by molar-refractivity contribution is 6.33. The van der Waals surface area contributed by atoms with Crippen molar-refractivity contribution in [2.24, 2.45) is 0 Å². The summed E-state index contributed by atoms with van der Waals surface area (Å²) in [6.07, 6.45) is 2.03. The van der Waals surface area contributed by atoms with Crippen LogP contribution in [0.2, 0.25) is 5.02 Å². The monoisotopic (exact) mass is 364 g/mol. The molecule has 0 fully saturated rings. The second kappa shape index (κ2) is 8.89. The van der Waals surface area contributed by atoms with E-state index in [-0.39, 0.29) is 29.6 Å². The standard InChI is InChI=1S/C17H17ClN2O5/c1-24-17(23)11-6-7-12(18)13(10-11)20-15(21)5-2-8-19-16(22)14-4-3-9-25-14/h3-4,6-7,9-10H,2,5,8H2,1H3,(H,19,22)(H,20,21). The first kappa shape index (κ1) is 18.5. The molecule has 0 atom stereocenters. The van der Waals surface area contributed by atoms with Crippen LogP contribution in [0.25, 0.3) is 0 Å². The zero-order chi connectivity index (χ0) is 18.2. The Kier molecular flexibility index (Phi) is 6.59. The van der Waals surface area contributed by atoms with Gasteiger partial charge in [-0.3, -0.25) is 9.59 Å². The summed E-state index contributed by atoms with van der Waals surface area (Å²) in [5, 5.41) is 5.59. The van der Waals surface area contributed by atoms with Crippen molar-refractivity contribution in [1.82, 2.24) is 5.32 Å². The molecule has 0 saturated carbocycles. The van der Waals surface area contributed by atoms with Crippen LogP contribution in [0.3, 0.4) is 0 Å². The highest BCUT2D eigenvalue weighted by Crippen LogP contribution is 2.23. The number of amides is 2. The van der Waals surface area contributed by atoms with Gasteiger partial charge >= 0.3 is 5.97 Å². The molecule has 2 amide bonds. The number of furan rings is 1. The molecule has 1 heterocycles. The van der Waals surface area contributed by atoms with Crippen LogP contribution in [0, 0.1) is 0 Å². The number of esters is 1. The Morgan fingerprint density at radius 3 is 2.72 bits per heavy atom. The van der Waals surface area contributed by atoms with Crippen molar-refractivity contribution in [3.8, 4) is 0 Å². The predicted octanol–water partition coefficient (Wildman–Crippen LogP) is 2.87. The van der Waals surface area contributed by atoms with Gasteiger partial charge in [0.25, 0.3) is 5.91 Å². The molecule has 1 aromatic carbocycles. The van der Waals surface area contributed by atoms with Crippen LogP contribution in [0.1, 0.15) is 33.8 Å². The fourth-order valence-electron chi connectivity index (χ4n) is 2.02. The molecular formula is C17H17ClN2O5. The fourth-order valence-corrected chi connectivity index (χ4v) is 2.19. The van der Waals surface area contributed by atoms with Crippen molar-refractivity contribution in [2.75, 3.05) is 19.0 Å². The molecule has 0 unspecified atom stereocenters. The molecule has 8 heteroatoms. The quantitative estimate of drug-likeness (QED) is 0.581. The number of rotatable bonds is 7. The smallest absolute Gasteiger partial charge is 0.337 e. The van der Waals surface area contributed by atoms with Crippen LogP contribution in [-0.4, -0.2) is 31.4 Å². The Morgan fingerprint density at radius 2 is 2.04 bits per heavy atom. The fraction of sp³-hybridized carbons (Fsp3) is 0.235. The van der Waals surface area contributed by atoms with E-state index >= 15 is 0 Å². The van der Waals surface area contributed by atoms with Crippen molar-refractivity contribution in [2.45, 2.75) is 12.8 Å². The maximum Gasteiger partial charge on any atom is 0.337 e. The average Bonchev–Trinajstić information content (AvgIpc) is 3.14. The second-order valence-corrected chi connectivity index (χ2v) is 5.48. The molecule has 0 aliphatic rings. The van der Waals surface area contributed by atoms with E-state index in [0.29, 0.717) is 23.7 Å². The molecule has 0 bridgehead atoms. The number of halogens is 1. The minimum Gasteiger partial charge on any atom is -0.465 e. The van der Waals surface area contributed by atoms with Gasteiger partial charge in [0.05, 0.1) is 29.6 Å². The van der Waals surface area contributed by atoms with Gasteiger partial charge < -0.3 is 19.8 Å². The third-order valence-corrected chi connectivity index (χ3v) is 3.60. The molecule has 7 nitrogen and oxygen atoms in total. The summed E-state index contributed by atoms with van der Waals surface area (Å²) in [6.45, 7) is 0.322. The van der Waals surface area contributed by atoms with E-state index in [1.54, 1.807) is 12.1 Å². The van der Waals surface area contributed by atoms with E-state index in [9.17, 15) is 14.4 Å². The van der Waals surface area contributed by atoms with Gasteiger partial charge in [-0.05, 0) is 36.8 Å². The number of hydrogen-bond donors (Lipinski definition) is 2. The van der Waals surface area contributed by atoms with Crippen LogP contribution < -0.4 is 10.6 Å². The molecule has 1 aromatic heterocycles. The molecule has 132 valence electrons. The number of nitrogens with one attached hydrogen (secondary N) is 2. The van der Waals surface area contributed by atoms with Gasteiger partial charge in [0.15, 0.2) is 5.76 Å². The van der Waals surface area contributed by atoms with Crippen molar-refractivity contribution in [3.63, 3.8) is 0 Å². The first-order valence-corrected chi connectivity index (χ1v) is 7.88. The lowest BCUT2D eigenvalue weighted by Gasteiger charge is -2.09. The number of carbonyl (C=O) groups is 3. The van der Waals surface area contributed by atoms with Gasteiger partial charge in [0, 0.05) is 13.0 Å². The highest BCUT2D eigenvalue weighted by Gasteiger charge is 2.12. The van der Waals surface area contributed by atoms with Crippen LogP contribution in [0.5, 0.6) is 0 Å². The van der Waals surface area contributed by atoms with Crippen LogP contribution in [0.4, 0.5) is 5.69 Å². The van der Waals surface area contributed by atoms with E-state index in [0.717, 1.165) is 0 Å². The largest absolute Gasteiger partial charge is 0.465 e. The van der Waals surface area contributed by atoms with Crippen LogP contribution in [0.15, 0.2) is 41.0 Å². The van der Waals surface area contributed by atoms with Gasteiger partial charge in [-0.15, -0.1) is 0 Å². The molecule has 2 N–H and O–H groups in total. The number of methoxy groups -OCH3 is 1. The summed E-state index contributed by atoms with van der Waals surface area (Å²) >= 11 is 6.01. The van der Waals surface area contributed by atoms with Gasteiger partial charge in [-0.1, -0.05) is 11.6 Å². The second-order valence-electron chi connectivity index (χ2n) is 5.07. The van der Waals surface area contributed by atoms with Crippen molar-refractivity contribution in [3.05, 3.63) is 52.9 Å². The first-order chi connectivity index (χ1) is 12.0. The maximum absolute atomic E-state index is 12.0. The highest BCUT2D eigenvalue weighted by atomic mass is 35.5. The van der Waals surface area contributed by atoms with E-state index in [1.165, 1.54) is 31.6 Å². The minimum atomic E-state index is -0.521. The van der Waals surface area contributed by atoms with Gasteiger partial charge in [-0.25, -0.2) is 4.79 Å². The summed E-state index contributed by atoms with van der Waals surface area (Å²) in [7, 11) is 1.27. The van der Waals surface area contributed by atoms with E-state index < -0.39 is 5.97 Å². The summed E-state index contributed by atoms with van der Waals surface area (Å²) < 4.78 is 9.59. The number of anilines is 1. The Balaban J connectivity index is 1.80. The summed E-state index contributed by atoms with van der Waals surface area (Å²) in [5.41, 5.74) is 0.613. The minimum absolute atomic E-state index is 0.178. The van der Waals surface area contributed by atoms with Crippen LogP contribution in [-0.2, 0) is 9.53 Å². The predicted molar refractivity (Wildman–Crippen MR) is 91.7 cm³/mol. The molecule has 0 aliphatic carbocycles. The SMILES string of the molecule is COC(=O)c1ccc(Cl)c(NC(=O)CCCNC(=O)c2ccco2)c1. The molecule has 0 aliphatic heterocycles. The van der Waals surface area contributed by atoms with Crippen LogP contribution >= 0.6 is 11.6 Å². The normalized spacial score (nSPS) is 10.2. The summed E-state index contributed by atoms with van der Waals surface area (Å²) in [4.78, 5) is 35.1. The molecular weight excluding hydrogens is 348 g/mol. The molecule has 2 rings (SSSR count). The first-order valence-electron chi connectivity index (χ1n) is 7.50. The molecule has 0 radical (unpaired) electrons. The van der Waals surface area contributed by atoms with Crippen molar-refractivity contribution in [1.29, 1.82) is 0 Å². The number of ether oxygens (including phenoxy) is 1. The Morgan fingerprint density at radius 1 is 1.24 bits per heavy atom. The lowest BCUT2D eigenvalue weighted by molar-refractivity contribution is -0.116. The lowest BCUT2D eigenvalue weighted by atomic mass is 10.2. The van der Waals surface area contributed by atoms with E-state index in [4.69, 9.17) is 16.0 Å². The molecule has 25 heavy (non-hydrogen) atoms. The topological polar surface area (TPSA) is 97.6 Å². The molecule has 2 aromatic rings. The van der Waals surface area contributed by atoms with E-state index in [2.05, 4.69) is 15.4 Å². The number of carbonyl (C=O) groups excluding carboxylic acids is 3. The molecule has 0 spiro atoms. The zero-order valence-electron chi connectivity index (χ0n) is 13.5. The molecule has 0 saturated heterocycles. The third kappa shape index (κ3) is 5.36. The Bertz CT molecular complexity index is 758. The van der Waals surface area contributed by atoms with Crippen molar-refractivity contribution < 1.29 is 23.5 Å². The average molecular weight is 365 g/mol. The van der Waals surface area contributed by atoms with Gasteiger partial charge in [0.2, 0.25) is 5.91 Å². The third-order valence-electron chi connectivity index (χ3n) is 3.27. The Labute approximate surface area is 149 Å². The lowest BCUT2D eigenvalue weighted by Crippen LogP contribution is -2.25. The van der Waals surface area contributed by atoms with E-state index in [1.807, 2.05) is 0 Å². The maximum atomic E-state index is 12.0. The zero-order valence-corrected chi connectivity index (χ0v) is 14.3. The van der Waals surface area contributed by atoms with Gasteiger partial charge in [-0.2, -0.15) is 0 Å². The van der Waals surface area contributed by atoms with Crippen molar-refractivity contribution >= 4 is 35.1 Å². The van der Waals surface area contributed by atoms with Gasteiger partial charge in [0.1, 0.15) is 0 Å².